The van der Waals surface area contributed by atoms with E-state index < -0.39 is 0 Å². The highest BCUT2D eigenvalue weighted by Gasteiger charge is 2.13. The highest BCUT2D eigenvalue weighted by atomic mass is 16.1. The molecule has 0 aliphatic carbocycles. The van der Waals surface area contributed by atoms with Gasteiger partial charge in [-0.25, -0.2) is 0 Å². The van der Waals surface area contributed by atoms with E-state index in [1.54, 1.807) is 12.3 Å². The van der Waals surface area contributed by atoms with Crippen molar-refractivity contribution in [3.05, 3.63) is 66.0 Å². The van der Waals surface area contributed by atoms with Crippen molar-refractivity contribution in [1.29, 1.82) is 0 Å². The molecule has 22 heavy (non-hydrogen) atoms. The van der Waals surface area contributed by atoms with Gasteiger partial charge in [0, 0.05) is 36.5 Å². The number of benzene rings is 1. The predicted molar refractivity (Wildman–Crippen MR) is 88.9 cm³/mol. The fraction of sp³-hybridized carbons (Fsp3) is 0.263. The van der Waals surface area contributed by atoms with E-state index in [1.807, 2.05) is 48.1 Å². The van der Waals surface area contributed by atoms with E-state index in [4.69, 9.17) is 0 Å². The topological polar surface area (TPSA) is 24.2 Å². The summed E-state index contributed by atoms with van der Waals surface area (Å²) in [7, 11) is 0. The van der Waals surface area contributed by atoms with Crippen LogP contribution in [-0.2, 0) is 0 Å². The van der Waals surface area contributed by atoms with E-state index >= 15 is 0 Å². The van der Waals surface area contributed by atoms with Crippen LogP contribution in [0.2, 0.25) is 0 Å². The number of aryl methyl sites for hydroxylation is 1. The summed E-state index contributed by atoms with van der Waals surface area (Å²) in [6, 6.07) is 11.8. The van der Waals surface area contributed by atoms with Crippen molar-refractivity contribution in [3.63, 3.8) is 0 Å². The van der Waals surface area contributed by atoms with Gasteiger partial charge in [-0.15, -0.1) is 0 Å². The lowest BCUT2D eigenvalue weighted by atomic mass is 10.1. The standard InChI is InChI=1S/C19H21N2O/c1-16-4-6-17(7-5-16)19(22)10-15-20-13-8-18(9-14-20)21-11-2-3-12-21/h4-10,13-15H,2-3,11-12H2,1H3/q+1/b15-10+. The zero-order valence-electron chi connectivity index (χ0n) is 12.9. The van der Waals surface area contributed by atoms with Crippen molar-refractivity contribution < 1.29 is 9.36 Å². The molecule has 0 saturated carbocycles. The summed E-state index contributed by atoms with van der Waals surface area (Å²) in [4.78, 5) is 14.5. The Morgan fingerprint density at radius 1 is 1.05 bits per heavy atom. The molecule has 0 N–H and O–H groups in total. The van der Waals surface area contributed by atoms with E-state index in [0.717, 1.165) is 24.2 Å². The van der Waals surface area contributed by atoms with Gasteiger partial charge in [0.05, 0.1) is 6.08 Å². The Balaban J connectivity index is 1.67. The fourth-order valence-electron chi connectivity index (χ4n) is 2.68. The first-order valence-electron chi connectivity index (χ1n) is 7.77. The summed E-state index contributed by atoms with van der Waals surface area (Å²) in [6.45, 7) is 4.30. The van der Waals surface area contributed by atoms with Gasteiger partial charge in [0.25, 0.3) is 0 Å². The van der Waals surface area contributed by atoms with E-state index in [2.05, 4.69) is 17.0 Å². The Bertz CT molecular complexity index is 666. The summed E-state index contributed by atoms with van der Waals surface area (Å²) < 4.78 is 1.91. The van der Waals surface area contributed by atoms with Crippen LogP contribution in [0.5, 0.6) is 0 Å². The van der Waals surface area contributed by atoms with Crippen LogP contribution in [0.1, 0.15) is 28.8 Å². The zero-order valence-corrected chi connectivity index (χ0v) is 12.9. The third-order valence-corrected chi connectivity index (χ3v) is 4.04. The lowest BCUT2D eigenvalue weighted by Gasteiger charge is -2.15. The van der Waals surface area contributed by atoms with Crippen LogP contribution in [-0.4, -0.2) is 18.9 Å². The summed E-state index contributed by atoms with van der Waals surface area (Å²) >= 11 is 0. The minimum absolute atomic E-state index is 0.0242. The number of ketones is 1. The van der Waals surface area contributed by atoms with Crippen molar-refractivity contribution in [2.45, 2.75) is 19.8 Å². The van der Waals surface area contributed by atoms with Crippen molar-refractivity contribution in [1.82, 2.24) is 0 Å². The molecule has 0 bridgehead atoms. The molecule has 1 aromatic carbocycles. The SMILES string of the molecule is Cc1ccc(C(=O)/C=C/[n+]2ccc(N3CCCC3)cc2)cc1. The number of carbonyl (C=O) groups excluding carboxylic acids is 1. The molecule has 3 rings (SSSR count). The number of hydrogen-bond donors (Lipinski definition) is 0. The first-order chi connectivity index (χ1) is 10.7. The second-order valence-corrected chi connectivity index (χ2v) is 5.74. The molecule has 0 amide bonds. The predicted octanol–water partition coefficient (Wildman–Crippen LogP) is 3.24. The van der Waals surface area contributed by atoms with Gasteiger partial charge in [0.2, 0.25) is 0 Å². The molecule has 0 unspecified atom stereocenters. The van der Waals surface area contributed by atoms with Gasteiger partial charge < -0.3 is 4.90 Å². The molecular formula is C19H21N2O+. The van der Waals surface area contributed by atoms with Crippen molar-refractivity contribution in [2.75, 3.05) is 18.0 Å². The molecule has 112 valence electrons. The Labute approximate surface area is 131 Å². The maximum atomic E-state index is 12.1. The molecule has 1 aliphatic rings. The van der Waals surface area contributed by atoms with Crippen molar-refractivity contribution in [3.8, 4) is 0 Å². The van der Waals surface area contributed by atoms with Gasteiger partial charge >= 0.3 is 0 Å². The third-order valence-electron chi connectivity index (χ3n) is 4.04. The Kier molecular flexibility index (Phi) is 4.33. The van der Waals surface area contributed by atoms with Crippen LogP contribution < -0.4 is 9.47 Å². The van der Waals surface area contributed by atoms with Crippen LogP contribution in [0.3, 0.4) is 0 Å². The third kappa shape index (κ3) is 3.42. The largest absolute Gasteiger partial charge is 0.371 e. The van der Waals surface area contributed by atoms with Gasteiger partial charge in [0.15, 0.2) is 24.4 Å². The quantitative estimate of drug-likeness (QED) is 0.491. The second kappa shape index (κ2) is 6.56. The first kappa shape index (κ1) is 14.5. The molecule has 1 saturated heterocycles. The van der Waals surface area contributed by atoms with Gasteiger partial charge in [0.1, 0.15) is 0 Å². The maximum absolute atomic E-state index is 12.1. The molecule has 1 aromatic heterocycles. The lowest BCUT2D eigenvalue weighted by Crippen LogP contribution is -2.26. The van der Waals surface area contributed by atoms with E-state index in [1.165, 1.54) is 18.5 Å². The minimum atomic E-state index is 0.0242. The molecule has 2 heterocycles. The second-order valence-electron chi connectivity index (χ2n) is 5.74. The smallest absolute Gasteiger partial charge is 0.191 e. The molecule has 0 spiro atoms. The van der Waals surface area contributed by atoms with Gasteiger partial charge in [-0.1, -0.05) is 29.8 Å². The number of pyridine rings is 1. The van der Waals surface area contributed by atoms with Gasteiger partial charge in [-0.3, -0.25) is 4.79 Å². The normalized spacial score (nSPS) is 14.7. The molecule has 1 aliphatic heterocycles. The first-order valence-corrected chi connectivity index (χ1v) is 7.77. The van der Waals surface area contributed by atoms with Crippen LogP contribution in [0.25, 0.3) is 6.20 Å². The zero-order chi connectivity index (χ0) is 15.4. The van der Waals surface area contributed by atoms with E-state index in [0.29, 0.717) is 0 Å². The molecule has 0 atom stereocenters. The van der Waals surface area contributed by atoms with E-state index in [9.17, 15) is 4.79 Å². The van der Waals surface area contributed by atoms with E-state index in [-0.39, 0.29) is 5.78 Å². The molecule has 0 radical (unpaired) electrons. The maximum Gasteiger partial charge on any atom is 0.191 e. The van der Waals surface area contributed by atoms with Crippen LogP contribution in [0, 0.1) is 6.92 Å². The number of rotatable bonds is 4. The molecule has 1 fully saturated rings. The molecule has 3 heteroatoms. The summed E-state index contributed by atoms with van der Waals surface area (Å²) in [5, 5.41) is 0. The highest BCUT2D eigenvalue weighted by Crippen LogP contribution is 2.17. The Hall–Kier alpha value is -2.42. The molecular weight excluding hydrogens is 272 g/mol. The van der Waals surface area contributed by atoms with Crippen LogP contribution >= 0.6 is 0 Å². The average Bonchev–Trinajstić information content (AvgIpc) is 3.08. The number of anilines is 1. The minimum Gasteiger partial charge on any atom is -0.371 e. The number of aromatic nitrogens is 1. The number of hydrogen-bond acceptors (Lipinski definition) is 2. The Morgan fingerprint density at radius 3 is 2.32 bits per heavy atom. The summed E-state index contributed by atoms with van der Waals surface area (Å²) in [5.74, 6) is 0.0242. The van der Waals surface area contributed by atoms with Gasteiger partial charge in [-0.05, 0) is 19.8 Å². The van der Waals surface area contributed by atoms with Crippen LogP contribution in [0.4, 0.5) is 5.69 Å². The lowest BCUT2D eigenvalue weighted by molar-refractivity contribution is -0.568. The van der Waals surface area contributed by atoms with Crippen LogP contribution in [0.15, 0.2) is 54.9 Å². The number of allylic oxidation sites excluding steroid dienone is 1. The Morgan fingerprint density at radius 2 is 1.68 bits per heavy atom. The van der Waals surface area contributed by atoms with Crippen molar-refractivity contribution in [2.24, 2.45) is 0 Å². The fourth-order valence-corrected chi connectivity index (χ4v) is 2.68. The summed E-state index contributed by atoms with van der Waals surface area (Å²) in [6.07, 6.45) is 9.95. The van der Waals surface area contributed by atoms with Crippen molar-refractivity contribution >= 4 is 17.7 Å². The molecule has 2 aromatic rings. The molecule has 3 nitrogen and oxygen atoms in total. The average molecular weight is 293 g/mol. The monoisotopic (exact) mass is 293 g/mol. The number of carbonyl (C=O) groups is 1. The highest BCUT2D eigenvalue weighted by molar-refractivity contribution is 6.05. The van der Waals surface area contributed by atoms with Gasteiger partial charge in [-0.2, -0.15) is 4.57 Å². The number of nitrogens with zero attached hydrogens (tertiary/aromatic N) is 2. The summed E-state index contributed by atoms with van der Waals surface area (Å²) in [5.41, 5.74) is 3.13.